The molecule has 16 aromatic carbocycles. The quantitative estimate of drug-likeness (QED) is 0.0794. The van der Waals surface area contributed by atoms with Gasteiger partial charge < -0.3 is 14.4 Å². The second kappa shape index (κ2) is 25.3. The number of benzene rings is 16. The maximum Gasteiger partial charge on any atom is 0.252 e. The van der Waals surface area contributed by atoms with Crippen LogP contribution < -0.4 is 67.7 Å². The number of fused-ring (bicyclic) bond motifs is 7. The second-order valence-corrected chi connectivity index (χ2v) is 34.6. The van der Waals surface area contributed by atoms with Crippen LogP contribution in [0.25, 0.3) is 60.9 Å². The van der Waals surface area contributed by atoms with Crippen LogP contribution in [0.2, 0.25) is 0 Å². The summed E-state index contributed by atoms with van der Waals surface area (Å²) < 4.78 is 2.53. The van der Waals surface area contributed by atoms with Crippen molar-refractivity contribution in [2.45, 2.75) is 0 Å². The molecule has 0 spiro atoms. The van der Waals surface area contributed by atoms with Gasteiger partial charge in [-0.05, 0) is 152 Å². The first-order valence-electron chi connectivity index (χ1n) is 35.4. The van der Waals surface area contributed by atoms with E-state index in [1.165, 1.54) is 102 Å². The van der Waals surface area contributed by atoms with Gasteiger partial charge in [0.15, 0.2) is 16.1 Å². The first-order valence-corrected chi connectivity index (χ1v) is 39.4. The van der Waals surface area contributed by atoms with Crippen LogP contribution in [0.5, 0.6) is 0 Å². The molecule has 0 radical (unpaired) electrons. The maximum absolute atomic E-state index is 3.20. The molecule has 0 amide bonds. The fourth-order valence-corrected chi connectivity index (χ4v) is 26.9. The highest BCUT2D eigenvalue weighted by atomic mass is 28.3. The van der Waals surface area contributed by atoms with E-state index in [0.717, 1.165) is 50.8 Å². The first kappa shape index (κ1) is 60.6. The number of aromatic nitrogens is 1. The molecule has 0 atom stereocenters. The molecule has 3 heterocycles. The molecule has 0 saturated heterocycles. The van der Waals surface area contributed by atoms with Crippen molar-refractivity contribution in [3.63, 3.8) is 0 Å². The highest BCUT2D eigenvalue weighted by molar-refractivity contribution is 7.20. The van der Waals surface area contributed by atoms with Crippen molar-refractivity contribution < 1.29 is 0 Å². The van der Waals surface area contributed by atoms with Crippen LogP contribution in [0.1, 0.15) is 0 Å². The predicted octanol–water partition coefficient (Wildman–Crippen LogP) is 16.6. The molecular weight excluding hydrogens is 1260 g/mol. The van der Waals surface area contributed by atoms with E-state index in [4.69, 9.17) is 0 Å². The van der Waals surface area contributed by atoms with Crippen LogP contribution in [0, 0.1) is 0 Å². The fourth-order valence-electron chi connectivity index (χ4n) is 17.3. The summed E-state index contributed by atoms with van der Waals surface area (Å²) in [6.07, 6.45) is 0. The van der Waals surface area contributed by atoms with Crippen LogP contribution in [-0.2, 0) is 0 Å². The molecule has 0 N–H and O–H groups in total. The van der Waals surface area contributed by atoms with Crippen LogP contribution in [0.15, 0.2) is 413 Å². The van der Waals surface area contributed by atoms with Crippen molar-refractivity contribution in [2.24, 2.45) is 0 Å². The number of para-hydroxylation sites is 2. The molecule has 2 aliphatic heterocycles. The Morgan fingerprint density at radius 3 is 0.873 bits per heavy atom. The zero-order valence-corrected chi connectivity index (χ0v) is 58.2. The zero-order chi connectivity index (χ0) is 67.6. The van der Waals surface area contributed by atoms with Crippen molar-refractivity contribution in [2.75, 3.05) is 9.80 Å². The Balaban J connectivity index is 0.939. The molecule has 2 aliphatic rings. The molecule has 1 aromatic heterocycles. The lowest BCUT2D eigenvalue weighted by atomic mass is 9.33. The van der Waals surface area contributed by atoms with E-state index in [-0.39, 0.29) is 6.71 Å². The van der Waals surface area contributed by atoms with E-state index in [9.17, 15) is 0 Å². The van der Waals surface area contributed by atoms with Crippen molar-refractivity contribution in [3.8, 4) is 39.1 Å². The van der Waals surface area contributed by atoms with Crippen molar-refractivity contribution >= 4 is 137 Å². The number of anilines is 6. The molecule has 102 heavy (non-hydrogen) atoms. The maximum atomic E-state index is 2.65. The first-order chi connectivity index (χ1) is 50.6. The van der Waals surface area contributed by atoms with Crippen molar-refractivity contribution in [1.82, 2.24) is 4.57 Å². The Hall–Kier alpha value is -12.6. The molecule has 0 unspecified atom stereocenters. The van der Waals surface area contributed by atoms with E-state index in [1.54, 1.807) is 0 Å². The number of hydrogen-bond donors (Lipinski definition) is 0. The van der Waals surface area contributed by atoms with Gasteiger partial charge in [0.05, 0.1) is 16.7 Å². The summed E-state index contributed by atoms with van der Waals surface area (Å²) in [6.45, 7) is -0.215. The summed E-state index contributed by atoms with van der Waals surface area (Å²) in [5.74, 6) is 0. The van der Waals surface area contributed by atoms with Crippen molar-refractivity contribution in [1.29, 1.82) is 0 Å². The third-order valence-electron chi connectivity index (χ3n) is 21.6. The minimum atomic E-state index is -3.20. The zero-order valence-electron chi connectivity index (χ0n) is 56.2. The van der Waals surface area contributed by atoms with Gasteiger partial charge in [-0.15, -0.1) is 0 Å². The molecule has 17 aromatic rings. The van der Waals surface area contributed by atoms with Gasteiger partial charge in [-0.25, -0.2) is 0 Å². The third-order valence-corrected chi connectivity index (χ3v) is 31.1. The van der Waals surface area contributed by atoms with Gasteiger partial charge in [-0.2, -0.15) is 0 Å². The van der Waals surface area contributed by atoms with Gasteiger partial charge in [0.1, 0.15) is 0 Å². The summed E-state index contributed by atoms with van der Waals surface area (Å²) in [7, 11) is -6.26. The molecule has 0 aliphatic carbocycles. The van der Waals surface area contributed by atoms with Gasteiger partial charge in [-0.3, -0.25) is 0 Å². The van der Waals surface area contributed by atoms with Crippen LogP contribution in [0.3, 0.4) is 0 Å². The third kappa shape index (κ3) is 9.85. The SMILES string of the molecule is c1ccc(-c2cccc([Si](c3ccccc3)(c3ccccc3)c3cccc(N4c5ccc(-c6ccccc6)cc5B5c6cc(-c7ccccc7)ccc6N(c6cccc([Si](c7ccccc7)(c7ccccc7)c7ccccc7)c6)c6cc(-n7c8ccccc8c8ccccc87)cc4c65)c3)c2)cc1. The molecule has 6 heteroatoms. The molecule has 478 valence electrons. The lowest BCUT2D eigenvalue weighted by Gasteiger charge is -2.45. The molecular formula is C96H68BN3Si2. The lowest BCUT2D eigenvalue weighted by Crippen LogP contribution is -2.74. The van der Waals surface area contributed by atoms with Gasteiger partial charge in [0.2, 0.25) is 0 Å². The average molecular weight is 1330 g/mol. The lowest BCUT2D eigenvalue weighted by molar-refractivity contribution is 1.16. The van der Waals surface area contributed by atoms with E-state index in [0.29, 0.717) is 0 Å². The number of rotatable bonds is 14. The Labute approximate surface area is 598 Å². The highest BCUT2D eigenvalue weighted by Crippen LogP contribution is 2.47. The van der Waals surface area contributed by atoms with E-state index in [1.807, 2.05) is 0 Å². The summed E-state index contributed by atoms with van der Waals surface area (Å²) in [5.41, 5.74) is 20.9. The second-order valence-electron chi connectivity index (χ2n) is 27.0. The summed E-state index contributed by atoms with van der Waals surface area (Å²) >= 11 is 0. The van der Waals surface area contributed by atoms with Crippen molar-refractivity contribution in [3.05, 3.63) is 413 Å². The van der Waals surface area contributed by atoms with Crippen LogP contribution >= 0.6 is 0 Å². The van der Waals surface area contributed by atoms with Gasteiger partial charge in [0.25, 0.3) is 6.71 Å². The monoisotopic (exact) mass is 1330 g/mol. The van der Waals surface area contributed by atoms with Crippen LogP contribution in [0.4, 0.5) is 34.1 Å². The normalized spacial score (nSPS) is 12.5. The van der Waals surface area contributed by atoms with Gasteiger partial charge >= 0.3 is 0 Å². The summed E-state index contributed by atoms with van der Waals surface area (Å²) in [6, 6.07) is 156. The smallest absolute Gasteiger partial charge is 0.252 e. The van der Waals surface area contributed by atoms with E-state index < -0.39 is 16.1 Å². The minimum Gasteiger partial charge on any atom is -0.311 e. The minimum absolute atomic E-state index is 0.215. The molecule has 3 nitrogen and oxygen atoms in total. The molecule has 0 fully saturated rings. The summed E-state index contributed by atoms with van der Waals surface area (Å²) in [5, 5.41) is 13.0. The topological polar surface area (TPSA) is 11.4 Å². The Morgan fingerprint density at radius 2 is 0.490 bits per heavy atom. The predicted molar refractivity (Wildman–Crippen MR) is 438 cm³/mol. The Kier molecular flexibility index (Phi) is 15.0. The Bertz CT molecular complexity index is 5770. The van der Waals surface area contributed by atoms with Crippen LogP contribution in [-0.4, -0.2) is 27.4 Å². The summed E-state index contributed by atoms with van der Waals surface area (Å²) in [4.78, 5) is 5.29. The van der Waals surface area contributed by atoms with E-state index in [2.05, 4.69) is 427 Å². The average Bonchev–Trinajstić information content (AvgIpc) is 0.760. The van der Waals surface area contributed by atoms with E-state index >= 15 is 0 Å². The highest BCUT2D eigenvalue weighted by Gasteiger charge is 2.47. The number of nitrogens with zero attached hydrogens (tertiary/aromatic N) is 3. The number of hydrogen-bond acceptors (Lipinski definition) is 2. The molecule has 0 bridgehead atoms. The van der Waals surface area contributed by atoms with Gasteiger partial charge in [0, 0.05) is 44.9 Å². The standard InChI is InChI=1S/C96H68BN3Si2/c1-9-32-69(33-10-1)72-38-29-51-83(62-72)102(81-47-21-7-22-48-81,82-49-23-8-24-50-82)85-53-31-40-76(66-85)99-93-61-59-74(71-36-13-3-14-37-71)64-89(93)97-88-63-73(70-34-11-2-12-35-70)58-60-92(88)98(94-67-77(68-95(99)96(94)97)100-90-56-27-25-54-86(90)87-55-26-28-57-91(87)100)75-39-30-52-84(65-75)101(78-41-15-4-16-42-78,79-43-17-5-18-44-79)80-45-19-6-20-46-80/h1-68H. The fraction of sp³-hybridized carbons (Fsp3) is 0. The largest absolute Gasteiger partial charge is 0.311 e. The van der Waals surface area contributed by atoms with Gasteiger partial charge in [-0.1, -0.05) is 352 Å². The Morgan fingerprint density at radius 1 is 0.196 bits per heavy atom. The molecule has 19 rings (SSSR count). The molecule has 0 saturated carbocycles.